The van der Waals surface area contributed by atoms with Crippen molar-refractivity contribution >= 4 is 17.8 Å². The van der Waals surface area contributed by atoms with Gasteiger partial charge in [-0.1, -0.05) is 42.8 Å². The Labute approximate surface area is 143 Å². The van der Waals surface area contributed by atoms with Crippen LogP contribution in [0.3, 0.4) is 0 Å². The Bertz CT molecular complexity index is 666. The minimum Gasteiger partial charge on any atom is -0.507 e. The van der Waals surface area contributed by atoms with Crippen molar-refractivity contribution in [2.45, 2.75) is 19.4 Å². The standard InChI is InChI=1S/C19H23ClN2O/c1-4-14-5-7-15(8-6-14)18(22(2)3)13-21-12-16-11-17(20)9-10-19(16)23/h5-12,18,23H,4,13H2,1-3H3/t18-/m1/s1. The molecule has 0 aliphatic rings. The quantitative estimate of drug-likeness (QED) is 0.800. The molecule has 0 saturated carbocycles. The van der Waals surface area contributed by atoms with Crippen molar-refractivity contribution in [1.82, 2.24) is 4.90 Å². The molecule has 0 unspecified atom stereocenters. The third-order valence-corrected chi connectivity index (χ3v) is 4.13. The number of hydrogen-bond donors (Lipinski definition) is 1. The number of aryl methyl sites for hydroxylation is 1. The van der Waals surface area contributed by atoms with Crippen LogP contribution in [0.1, 0.15) is 29.7 Å². The Hall–Kier alpha value is -1.84. The van der Waals surface area contributed by atoms with E-state index in [1.807, 2.05) is 14.1 Å². The highest BCUT2D eigenvalue weighted by molar-refractivity contribution is 6.30. The predicted octanol–water partition coefficient (Wildman–Crippen LogP) is 4.33. The van der Waals surface area contributed by atoms with E-state index in [1.54, 1.807) is 24.4 Å². The van der Waals surface area contributed by atoms with Crippen molar-refractivity contribution in [2.75, 3.05) is 20.6 Å². The number of nitrogens with zero attached hydrogens (tertiary/aromatic N) is 2. The van der Waals surface area contributed by atoms with Gasteiger partial charge in [0.2, 0.25) is 0 Å². The number of halogens is 1. The molecule has 1 N–H and O–H groups in total. The lowest BCUT2D eigenvalue weighted by Crippen LogP contribution is -2.22. The zero-order chi connectivity index (χ0) is 16.8. The smallest absolute Gasteiger partial charge is 0.124 e. The first-order valence-corrected chi connectivity index (χ1v) is 8.12. The normalized spacial score (nSPS) is 12.9. The molecular weight excluding hydrogens is 308 g/mol. The van der Waals surface area contributed by atoms with Crippen LogP contribution in [0.25, 0.3) is 0 Å². The summed E-state index contributed by atoms with van der Waals surface area (Å²) in [7, 11) is 4.09. The molecule has 3 nitrogen and oxygen atoms in total. The van der Waals surface area contributed by atoms with Crippen LogP contribution in [0.5, 0.6) is 5.75 Å². The number of benzene rings is 2. The van der Waals surface area contributed by atoms with Crippen LogP contribution >= 0.6 is 11.6 Å². The van der Waals surface area contributed by atoms with E-state index in [4.69, 9.17) is 11.6 Å². The first-order chi connectivity index (χ1) is 11.0. The van der Waals surface area contributed by atoms with E-state index >= 15 is 0 Å². The molecule has 2 aromatic carbocycles. The van der Waals surface area contributed by atoms with Gasteiger partial charge in [0.1, 0.15) is 5.75 Å². The van der Waals surface area contributed by atoms with E-state index in [1.165, 1.54) is 11.1 Å². The fourth-order valence-corrected chi connectivity index (χ4v) is 2.60. The van der Waals surface area contributed by atoms with Gasteiger partial charge in [-0.25, -0.2) is 0 Å². The highest BCUT2D eigenvalue weighted by Gasteiger charge is 2.13. The van der Waals surface area contributed by atoms with Crippen molar-refractivity contribution in [3.63, 3.8) is 0 Å². The first-order valence-electron chi connectivity index (χ1n) is 7.75. The maximum atomic E-state index is 9.82. The number of aliphatic imine (C=N–C) groups is 1. The van der Waals surface area contributed by atoms with Crippen molar-refractivity contribution in [3.8, 4) is 5.75 Å². The molecule has 0 radical (unpaired) electrons. The van der Waals surface area contributed by atoms with Gasteiger partial charge in [0.25, 0.3) is 0 Å². The van der Waals surface area contributed by atoms with Crippen LogP contribution in [0.2, 0.25) is 5.02 Å². The zero-order valence-electron chi connectivity index (χ0n) is 13.8. The van der Waals surface area contributed by atoms with E-state index in [0.29, 0.717) is 17.1 Å². The van der Waals surface area contributed by atoms with Gasteiger partial charge >= 0.3 is 0 Å². The number of phenolic OH excluding ortho intramolecular Hbond substituents is 1. The SMILES string of the molecule is CCc1ccc([C@@H](CN=Cc2cc(Cl)ccc2O)N(C)C)cc1. The molecule has 0 aromatic heterocycles. The Morgan fingerprint density at radius 3 is 2.48 bits per heavy atom. The summed E-state index contributed by atoms with van der Waals surface area (Å²) >= 11 is 5.95. The van der Waals surface area contributed by atoms with Crippen LogP contribution in [-0.4, -0.2) is 36.9 Å². The van der Waals surface area contributed by atoms with Crippen molar-refractivity contribution in [3.05, 3.63) is 64.2 Å². The van der Waals surface area contributed by atoms with E-state index < -0.39 is 0 Å². The molecule has 1 atom stereocenters. The highest BCUT2D eigenvalue weighted by Crippen LogP contribution is 2.22. The average Bonchev–Trinajstić information content (AvgIpc) is 2.54. The number of aromatic hydroxyl groups is 1. The topological polar surface area (TPSA) is 35.8 Å². The molecule has 4 heteroatoms. The van der Waals surface area contributed by atoms with E-state index in [-0.39, 0.29) is 11.8 Å². The lowest BCUT2D eigenvalue weighted by atomic mass is 10.0. The molecule has 0 saturated heterocycles. The second kappa shape index (κ2) is 8.14. The highest BCUT2D eigenvalue weighted by atomic mass is 35.5. The molecule has 122 valence electrons. The molecule has 0 aliphatic heterocycles. The van der Waals surface area contributed by atoms with Gasteiger partial charge < -0.3 is 10.0 Å². The Morgan fingerprint density at radius 2 is 1.87 bits per heavy atom. The average molecular weight is 331 g/mol. The lowest BCUT2D eigenvalue weighted by molar-refractivity contribution is 0.307. The molecule has 0 amide bonds. The minimum atomic E-state index is 0.187. The van der Waals surface area contributed by atoms with Gasteiger partial charge in [0, 0.05) is 16.8 Å². The van der Waals surface area contributed by atoms with Crippen LogP contribution in [0, 0.1) is 0 Å². The number of rotatable bonds is 6. The maximum absolute atomic E-state index is 9.82. The fraction of sp³-hybridized carbons (Fsp3) is 0.316. The van der Waals surface area contributed by atoms with Crippen LogP contribution in [0.4, 0.5) is 0 Å². The van der Waals surface area contributed by atoms with Crippen LogP contribution in [0.15, 0.2) is 47.5 Å². The molecule has 0 bridgehead atoms. The van der Waals surface area contributed by atoms with Gasteiger partial charge in [-0.05, 0) is 49.8 Å². The predicted molar refractivity (Wildman–Crippen MR) is 97.8 cm³/mol. The Kier molecular flexibility index (Phi) is 6.20. The van der Waals surface area contributed by atoms with Crippen LogP contribution < -0.4 is 0 Å². The van der Waals surface area contributed by atoms with Crippen molar-refractivity contribution in [1.29, 1.82) is 0 Å². The number of hydrogen-bond acceptors (Lipinski definition) is 3. The summed E-state index contributed by atoms with van der Waals surface area (Å²) in [5.41, 5.74) is 3.20. The second-order valence-corrected chi connectivity index (χ2v) is 6.21. The summed E-state index contributed by atoms with van der Waals surface area (Å²) in [4.78, 5) is 6.65. The summed E-state index contributed by atoms with van der Waals surface area (Å²) in [5.74, 6) is 0.187. The van der Waals surface area contributed by atoms with Gasteiger partial charge in [-0.15, -0.1) is 0 Å². The Balaban J connectivity index is 2.13. The molecule has 2 aromatic rings. The summed E-state index contributed by atoms with van der Waals surface area (Å²) in [6.45, 7) is 2.77. The molecule has 0 heterocycles. The maximum Gasteiger partial charge on any atom is 0.124 e. The van der Waals surface area contributed by atoms with Gasteiger partial charge in [-0.3, -0.25) is 4.99 Å². The van der Waals surface area contributed by atoms with Crippen LogP contribution in [-0.2, 0) is 6.42 Å². The van der Waals surface area contributed by atoms with E-state index in [9.17, 15) is 5.11 Å². The molecule has 23 heavy (non-hydrogen) atoms. The van der Waals surface area contributed by atoms with Crippen molar-refractivity contribution in [2.24, 2.45) is 4.99 Å². The molecule has 0 fully saturated rings. The molecule has 0 aliphatic carbocycles. The molecular formula is C19H23ClN2O. The third kappa shape index (κ3) is 4.81. The summed E-state index contributed by atoms with van der Waals surface area (Å²) in [5, 5.41) is 10.4. The second-order valence-electron chi connectivity index (χ2n) is 5.77. The summed E-state index contributed by atoms with van der Waals surface area (Å²) < 4.78 is 0. The summed E-state index contributed by atoms with van der Waals surface area (Å²) in [6, 6.07) is 13.8. The molecule has 0 spiro atoms. The van der Waals surface area contributed by atoms with Gasteiger partial charge in [-0.2, -0.15) is 0 Å². The Morgan fingerprint density at radius 1 is 1.17 bits per heavy atom. The number of phenols is 1. The fourth-order valence-electron chi connectivity index (χ4n) is 2.42. The summed E-state index contributed by atoms with van der Waals surface area (Å²) in [6.07, 6.45) is 2.72. The lowest BCUT2D eigenvalue weighted by Gasteiger charge is -2.23. The minimum absolute atomic E-state index is 0.187. The van der Waals surface area contributed by atoms with E-state index in [0.717, 1.165) is 6.42 Å². The molecule has 2 rings (SSSR count). The van der Waals surface area contributed by atoms with E-state index in [2.05, 4.69) is 41.1 Å². The number of likely N-dealkylation sites (N-methyl/N-ethyl adjacent to an activating group) is 1. The van der Waals surface area contributed by atoms with Crippen molar-refractivity contribution < 1.29 is 5.11 Å². The zero-order valence-corrected chi connectivity index (χ0v) is 14.6. The monoisotopic (exact) mass is 330 g/mol. The van der Waals surface area contributed by atoms with Gasteiger partial charge in [0.15, 0.2) is 0 Å². The largest absolute Gasteiger partial charge is 0.507 e. The van der Waals surface area contributed by atoms with Gasteiger partial charge in [0.05, 0.1) is 12.6 Å². The first kappa shape index (κ1) is 17.5. The third-order valence-electron chi connectivity index (χ3n) is 3.89.